The van der Waals surface area contributed by atoms with Gasteiger partial charge < -0.3 is 19.3 Å². The van der Waals surface area contributed by atoms with Gasteiger partial charge in [-0.05, 0) is 60.7 Å². The molecule has 5 aromatic rings. The Morgan fingerprint density at radius 1 is 0.930 bits per heavy atom. The van der Waals surface area contributed by atoms with Crippen molar-refractivity contribution in [2.24, 2.45) is 5.92 Å². The van der Waals surface area contributed by atoms with Crippen LogP contribution < -0.4 is 4.90 Å². The van der Waals surface area contributed by atoms with Crippen molar-refractivity contribution >= 4 is 23.2 Å². The largest absolute Gasteiger partial charge is 0.481 e. The Labute approximate surface area is 248 Å². The zero-order valence-corrected chi connectivity index (χ0v) is 23.8. The van der Waals surface area contributed by atoms with E-state index < -0.39 is 17.7 Å². The van der Waals surface area contributed by atoms with Crippen LogP contribution in [0.5, 0.6) is 0 Å². The second-order valence-electron chi connectivity index (χ2n) is 11.4. The maximum atomic E-state index is 15.6. The zero-order valence-electron chi connectivity index (χ0n) is 23.8. The van der Waals surface area contributed by atoms with Gasteiger partial charge in [0.25, 0.3) is 5.91 Å². The maximum absolute atomic E-state index is 15.6. The number of halogens is 1. The van der Waals surface area contributed by atoms with Gasteiger partial charge in [0.15, 0.2) is 0 Å². The number of imidazole rings is 1. The third kappa shape index (κ3) is 4.82. The van der Waals surface area contributed by atoms with E-state index in [4.69, 9.17) is 4.98 Å². The highest BCUT2D eigenvalue weighted by Crippen LogP contribution is 2.34. The molecule has 3 aromatic carbocycles. The van der Waals surface area contributed by atoms with E-state index in [9.17, 15) is 14.7 Å². The Bertz CT molecular complexity index is 1870. The summed E-state index contributed by atoms with van der Waals surface area (Å²) in [7, 11) is 0. The van der Waals surface area contributed by atoms with Crippen LogP contribution in [0.15, 0.2) is 91.3 Å². The molecule has 2 aromatic heterocycles. The van der Waals surface area contributed by atoms with Crippen LogP contribution >= 0.6 is 0 Å². The molecule has 2 aliphatic rings. The smallest absolute Gasteiger partial charge is 0.308 e. The molecule has 4 heterocycles. The number of fused-ring (bicyclic) bond motifs is 2. The lowest BCUT2D eigenvalue weighted by Gasteiger charge is -2.35. The van der Waals surface area contributed by atoms with Gasteiger partial charge in [-0.3, -0.25) is 9.59 Å². The van der Waals surface area contributed by atoms with Crippen LogP contribution in [0, 0.1) is 11.7 Å². The number of hydrogen-bond acceptors (Lipinski definition) is 4. The molecule has 0 spiro atoms. The van der Waals surface area contributed by atoms with E-state index in [1.54, 1.807) is 18.5 Å². The molecule has 7 nitrogen and oxygen atoms in total. The number of amides is 1. The standard InChI is InChI=1S/C35H31FN4O3/c1-22-28-10-6-5-9-24(28)14-16-40(22)34(41)26-17-30(23-7-3-2-4-8-23)33-37-32(21-39(33)20-26)29-12-11-27(18-31(29)36)38-15-13-25(19-38)35(42)43/h2-12,17-18,20-22,25H,13-16,19H2,1H3,(H,42,43)/t22-,25+/m1/s1. The number of rotatable bonds is 5. The van der Waals surface area contributed by atoms with Crippen LogP contribution in [0.1, 0.15) is 40.9 Å². The molecule has 0 bridgehead atoms. The van der Waals surface area contributed by atoms with Gasteiger partial charge in [-0.15, -0.1) is 0 Å². The molecule has 1 N–H and O–H groups in total. The highest BCUT2D eigenvalue weighted by atomic mass is 19.1. The minimum absolute atomic E-state index is 0.0549. The van der Waals surface area contributed by atoms with Crippen LogP contribution in [0.4, 0.5) is 10.1 Å². The molecule has 43 heavy (non-hydrogen) atoms. The van der Waals surface area contributed by atoms with Gasteiger partial charge in [0, 0.05) is 48.8 Å². The number of benzene rings is 3. The summed E-state index contributed by atoms with van der Waals surface area (Å²) in [6.07, 6.45) is 4.90. The molecule has 2 atom stereocenters. The van der Waals surface area contributed by atoms with Gasteiger partial charge in [-0.1, -0.05) is 54.6 Å². The van der Waals surface area contributed by atoms with E-state index in [0.29, 0.717) is 54.2 Å². The van der Waals surface area contributed by atoms with Crippen molar-refractivity contribution in [2.45, 2.75) is 25.8 Å². The fraction of sp³-hybridized carbons (Fsp3) is 0.229. The number of hydrogen-bond donors (Lipinski definition) is 1. The van der Waals surface area contributed by atoms with Crippen LogP contribution in [0.2, 0.25) is 0 Å². The molecule has 216 valence electrons. The number of carboxylic acid groups (broad SMARTS) is 1. The molecule has 0 unspecified atom stereocenters. The Kier molecular flexibility index (Phi) is 6.69. The van der Waals surface area contributed by atoms with Crippen molar-refractivity contribution in [1.29, 1.82) is 0 Å². The Hall–Kier alpha value is -4.98. The van der Waals surface area contributed by atoms with E-state index in [-0.39, 0.29) is 11.9 Å². The summed E-state index contributed by atoms with van der Waals surface area (Å²) < 4.78 is 17.4. The van der Waals surface area contributed by atoms with Gasteiger partial charge in [-0.25, -0.2) is 9.37 Å². The van der Waals surface area contributed by atoms with E-state index in [2.05, 4.69) is 19.1 Å². The van der Waals surface area contributed by atoms with Gasteiger partial charge in [0.1, 0.15) is 11.5 Å². The van der Waals surface area contributed by atoms with Crippen molar-refractivity contribution in [2.75, 3.05) is 24.5 Å². The number of carboxylic acids is 1. The molecule has 0 radical (unpaired) electrons. The highest BCUT2D eigenvalue weighted by molar-refractivity contribution is 5.97. The Morgan fingerprint density at radius 2 is 1.72 bits per heavy atom. The van der Waals surface area contributed by atoms with Crippen LogP contribution in [0.3, 0.4) is 0 Å². The Morgan fingerprint density at radius 3 is 2.49 bits per heavy atom. The lowest BCUT2D eigenvalue weighted by molar-refractivity contribution is -0.140. The van der Waals surface area contributed by atoms with Crippen molar-refractivity contribution in [1.82, 2.24) is 14.3 Å². The first-order chi connectivity index (χ1) is 20.9. The van der Waals surface area contributed by atoms with Crippen molar-refractivity contribution in [3.8, 4) is 22.4 Å². The predicted molar refractivity (Wildman–Crippen MR) is 164 cm³/mol. The van der Waals surface area contributed by atoms with Crippen LogP contribution in [-0.2, 0) is 11.2 Å². The average Bonchev–Trinajstić information content (AvgIpc) is 3.69. The average molecular weight is 575 g/mol. The van der Waals surface area contributed by atoms with Crippen molar-refractivity contribution in [3.05, 3.63) is 114 Å². The molecule has 7 rings (SSSR count). The summed E-state index contributed by atoms with van der Waals surface area (Å²) >= 11 is 0. The molecular formula is C35H31FN4O3. The molecule has 8 heteroatoms. The van der Waals surface area contributed by atoms with E-state index in [1.165, 1.54) is 17.2 Å². The summed E-state index contributed by atoms with van der Waals surface area (Å²) in [4.78, 5) is 34.1. The number of nitrogens with zero attached hydrogens (tertiary/aromatic N) is 4. The van der Waals surface area contributed by atoms with E-state index >= 15 is 4.39 Å². The predicted octanol–water partition coefficient (Wildman–Crippen LogP) is 6.48. The summed E-state index contributed by atoms with van der Waals surface area (Å²) in [5.74, 6) is -1.76. The molecule has 0 aliphatic carbocycles. The minimum Gasteiger partial charge on any atom is -0.481 e. The highest BCUT2D eigenvalue weighted by Gasteiger charge is 2.30. The summed E-state index contributed by atoms with van der Waals surface area (Å²) in [6.45, 7) is 3.63. The second kappa shape index (κ2) is 10.7. The van der Waals surface area contributed by atoms with Crippen molar-refractivity contribution in [3.63, 3.8) is 0 Å². The number of pyridine rings is 1. The SMILES string of the molecule is C[C@@H]1c2ccccc2CCN1C(=O)c1cc(-c2ccccc2)c2nc(-c3ccc(N4CC[C@H](C(=O)O)C4)cc3F)cn2c1. The summed E-state index contributed by atoms with van der Waals surface area (Å²) in [6, 6.07) is 24.9. The van der Waals surface area contributed by atoms with Gasteiger partial charge in [-0.2, -0.15) is 0 Å². The summed E-state index contributed by atoms with van der Waals surface area (Å²) in [5.41, 5.74) is 6.77. The molecule has 2 aliphatic heterocycles. The molecule has 0 saturated carbocycles. The molecule has 1 amide bonds. The minimum atomic E-state index is -0.823. The first kappa shape index (κ1) is 26.9. The first-order valence-electron chi connectivity index (χ1n) is 14.6. The van der Waals surface area contributed by atoms with Gasteiger partial charge >= 0.3 is 5.97 Å². The summed E-state index contributed by atoms with van der Waals surface area (Å²) in [5, 5.41) is 9.34. The topological polar surface area (TPSA) is 78.2 Å². The number of carbonyl (C=O) groups excluding carboxylic acids is 1. The zero-order chi connectivity index (χ0) is 29.7. The number of anilines is 1. The monoisotopic (exact) mass is 574 g/mol. The van der Waals surface area contributed by atoms with E-state index in [0.717, 1.165) is 17.5 Å². The lowest BCUT2D eigenvalue weighted by atomic mass is 9.93. The first-order valence-corrected chi connectivity index (χ1v) is 14.6. The molecule has 1 saturated heterocycles. The lowest BCUT2D eigenvalue weighted by Crippen LogP contribution is -2.38. The Balaban J connectivity index is 1.26. The van der Waals surface area contributed by atoms with Crippen molar-refractivity contribution < 1.29 is 19.1 Å². The fourth-order valence-corrected chi connectivity index (χ4v) is 6.50. The number of aliphatic carboxylic acids is 1. The molecular weight excluding hydrogens is 543 g/mol. The number of carbonyl (C=O) groups is 2. The van der Waals surface area contributed by atoms with Crippen LogP contribution in [0.25, 0.3) is 28.0 Å². The fourth-order valence-electron chi connectivity index (χ4n) is 6.50. The third-order valence-corrected chi connectivity index (χ3v) is 8.87. The van der Waals surface area contributed by atoms with Gasteiger partial charge in [0.05, 0.1) is 23.2 Å². The maximum Gasteiger partial charge on any atom is 0.308 e. The third-order valence-electron chi connectivity index (χ3n) is 8.87. The molecule has 1 fully saturated rings. The number of aromatic nitrogens is 2. The quantitative estimate of drug-likeness (QED) is 0.260. The van der Waals surface area contributed by atoms with Gasteiger partial charge in [0.2, 0.25) is 0 Å². The normalized spacial score (nSPS) is 18.2. The second-order valence-corrected chi connectivity index (χ2v) is 11.4. The van der Waals surface area contributed by atoms with E-state index in [1.807, 2.05) is 68.8 Å². The van der Waals surface area contributed by atoms with Crippen LogP contribution in [-0.4, -0.2) is 50.9 Å².